The maximum atomic E-state index is 12.8. The molecule has 2 fully saturated rings. The van der Waals surface area contributed by atoms with Crippen molar-refractivity contribution in [3.8, 4) is 6.07 Å². The number of nitrogens with one attached hydrogen (secondary N) is 1. The SMILES string of the molecule is CCOC(=O)N1CCC(N/C=C(/C#N)C(=O)N2CCC(Cc3ccccc3)CC2)CC1. The van der Waals surface area contributed by atoms with Gasteiger partial charge in [0.25, 0.3) is 5.91 Å². The van der Waals surface area contributed by atoms with Crippen LogP contribution in [0.25, 0.3) is 0 Å². The first-order valence-corrected chi connectivity index (χ1v) is 11.2. The Morgan fingerprint density at radius 2 is 1.74 bits per heavy atom. The van der Waals surface area contributed by atoms with Crippen molar-refractivity contribution in [2.75, 3.05) is 32.8 Å². The summed E-state index contributed by atoms with van der Waals surface area (Å²) >= 11 is 0. The molecule has 31 heavy (non-hydrogen) atoms. The van der Waals surface area contributed by atoms with Gasteiger partial charge in [-0.15, -0.1) is 0 Å². The van der Waals surface area contributed by atoms with Crippen molar-refractivity contribution in [1.82, 2.24) is 15.1 Å². The first-order valence-electron chi connectivity index (χ1n) is 11.2. The maximum absolute atomic E-state index is 12.8. The highest BCUT2D eigenvalue weighted by Crippen LogP contribution is 2.22. The second-order valence-corrected chi connectivity index (χ2v) is 8.22. The van der Waals surface area contributed by atoms with Gasteiger partial charge < -0.3 is 19.9 Å². The van der Waals surface area contributed by atoms with Gasteiger partial charge in [-0.3, -0.25) is 4.79 Å². The average Bonchev–Trinajstić information content (AvgIpc) is 2.81. The number of rotatable bonds is 6. The molecule has 0 unspecified atom stereocenters. The Morgan fingerprint density at radius 3 is 2.35 bits per heavy atom. The zero-order valence-electron chi connectivity index (χ0n) is 18.3. The lowest BCUT2D eigenvalue weighted by molar-refractivity contribution is -0.128. The number of hydrogen-bond acceptors (Lipinski definition) is 5. The number of amides is 2. The van der Waals surface area contributed by atoms with Crippen molar-refractivity contribution in [3.63, 3.8) is 0 Å². The lowest BCUT2D eigenvalue weighted by Crippen LogP contribution is -2.44. The third kappa shape index (κ3) is 6.48. The van der Waals surface area contributed by atoms with Crippen molar-refractivity contribution in [3.05, 3.63) is 47.7 Å². The standard InChI is InChI=1S/C24H32N4O3/c1-2-31-24(30)28-14-10-22(11-15-28)26-18-21(17-25)23(29)27-12-8-20(9-13-27)16-19-6-4-3-5-7-19/h3-7,18,20,22,26H,2,8-16H2,1H3/b21-18-. The molecule has 0 aliphatic carbocycles. The average molecular weight is 425 g/mol. The van der Waals surface area contributed by atoms with Gasteiger partial charge in [0.2, 0.25) is 0 Å². The zero-order valence-corrected chi connectivity index (χ0v) is 18.3. The maximum Gasteiger partial charge on any atom is 0.409 e. The molecule has 1 N–H and O–H groups in total. The fourth-order valence-corrected chi connectivity index (χ4v) is 4.24. The molecule has 166 valence electrons. The first-order chi connectivity index (χ1) is 15.1. The molecule has 0 bridgehead atoms. The van der Waals surface area contributed by atoms with E-state index in [1.54, 1.807) is 22.9 Å². The van der Waals surface area contributed by atoms with Crippen molar-refractivity contribution >= 4 is 12.0 Å². The van der Waals surface area contributed by atoms with Gasteiger partial charge in [0, 0.05) is 38.4 Å². The zero-order chi connectivity index (χ0) is 22.1. The molecule has 2 aliphatic heterocycles. The molecule has 7 heteroatoms. The number of nitrogens with zero attached hydrogens (tertiary/aromatic N) is 3. The Labute approximate surface area is 184 Å². The smallest absolute Gasteiger partial charge is 0.409 e. The topological polar surface area (TPSA) is 85.7 Å². The minimum atomic E-state index is -0.278. The van der Waals surface area contributed by atoms with Crippen LogP contribution in [0.3, 0.4) is 0 Å². The van der Waals surface area contributed by atoms with Crippen LogP contribution in [-0.4, -0.2) is 60.6 Å². The van der Waals surface area contributed by atoms with Gasteiger partial charge in [-0.1, -0.05) is 30.3 Å². The van der Waals surface area contributed by atoms with Crippen molar-refractivity contribution in [2.24, 2.45) is 5.92 Å². The van der Waals surface area contributed by atoms with Crippen LogP contribution in [0.2, 0.25) is 0 Å². The van der Waals surface area contributed by atoms with Crippen molar-refractivity contribution in [1.29, 1.82) is 5.26 Å². The Hall–Kier alpha value is -3.01. The van der Waals surface area contributed by atoms with Crippen LogP contribution < -0.4 is 5.32 Å². The summed E-state index contributed by atoms with van der Waals surface area (Å²) in [6, 6.07) is 12.6. The van der Waals surface area contributed by atoms with Crippen LogP contribution in [-0.2, 0) is 16.0 Å². The number of carbonyl (C=O) groups is 2. The number of carbonyl (C=O) groups excluding carboxylic acids is 2. The van der Waals surface area contributed by atoms with Crippen LogP contribution >= 0.6 is 0 Å². The van der Waals surface area contributed by atoms with Crippen LogP contribution in [0, 0.1) is 17.2 Å². The van der Waals surface area contributed by atoms with E-state index in [1.807, 2.05) is 6.07 Å². The summed E-state index contributed by atoms with van der Waals surface area (Å²) in [5.41, 5.74) is 1.48. The lowest BCUT2D eigenvalue weighted by Gasteiger charge is -2.32. The molecule has 1 aromatic rings. The fourth-order valence-electron chi connectivity index (χ4n) is 4.24. The molecule has 2 saturated heterocycles. The highest BCUT2D eigenvalue weighted by molar-refractivity contribution is 5.97. The van der Waals surface area contributed by atoms with Gasteiger partial charge in [0.15, 0.2) is 0 Å². The molecule has 0 atom stereocenters. The summed E-state index contributed by atoms with van der Waals surface area (Å²) in [6.07, 6.45) is 5.75. The highest BCUT2D eigenvalue weighted by atomic mass is 16.6. The number of likely N-dealkylation sites (tertiary alicyclic amines) is 2. The van der Waals surface area contributed by atoms with E-state index in [9.17, 15) is 14.9 Å². The Morgan fingerprint density at radius 1 is 1.10 bits per heavy atom. The summed E-state index contributed by atoms with van der Waals surface area (Å²) in [6.45, 7) is 4.75. The summed E-state index contributed by atoms with van der Waals surface area (Å²) < 4.78 is 5.03. The van der Waals surface area contributed by atoms with Crippen molar-refractivity contribution < 1.29 is 14.3 Å². The minimum absolute atomic E-state index is 0.137. The number of benzene rings is 1. The van der Waals surface area contributed by atoms with Gasteiger partial charge in [0.1, 0.15) is 11.6 Å². The predicted octanol–water partition coefficient (Wildman–Crippen LogP) is 3.09. The Kier molecular flexibility index (Phi) is 8.34. The Bertz CT molecular complexity index is 802. The molecule has 0 saturated carbocycles. The minimum Gasteiger partial charge on any atom is -0.450 e. The van der Waals surface area contributed by atoms with Gasteiger partial charge in [-0.2, -0.15) is 5.26 Å². The fraction of sp³-hybridized carbons (Fsp3) is 0.542. The normalized spacial score (nSPS) is 18.4. The van der Waals surface area contributed by atoms with Gasteiger partial charge in [-0.05, 0) is 50.5 Å². The van der Waals surface area contributed by atoms with E-state index < -0.39 is 0 Å². The number of piperidine rings is 2. The predicted molar refractivity (Wildman–Crippen MR) is 118 cm³/mol. The molecule has 0 aromatic heterocycles. The molecule has 3 rings (SSSR count). The van der Waals surface area contributed by atoms with Crippen LogP contribution in [0.15, 0.2) is 42.1 Å². The lowest BCUT2D eigenvalue weighted by atomic mass is 9.90. The second-order valence-electron chi connectivity index (χ2n) is 8.22. The van der Waals surface area contributed by atoms with Crippen molar-refractivity contribution in [2.45, 2.75) is 45.1 Å². The number of nitriles is 1. The third-order valence-electron chi connectivity index (χ3n) is 6.10. The largest absolute Gasteiger partial charge is 0.450 e. The van der Waals surface area contributed by atoms with Crippen LogP contribution in [0.1, 0.15) is 38.2 Å². The van der Waals surface area contributed by atoms with Gasteiger partial charge in [-0.25, -0.2) is 4.79 Å². The van der Waals surface area contributed by atoms with E-state index in [4.69, 9.17) is 4.74 Å². The highest BCUT2D eigenvalue weighted by Gasteiger charge is 2.26. The quantitative estimate of drug-likeness (QED) is 0.560. The van der Waals surface area contributed by atoms with E-state index in [1.165, 1.54) is 5.56 Å². The number of hydrogen-bond donors (Lipinski definition) is 1. The van der Waals surface area contributed by atoms with Gasteiger partial charge in [0.05, 0.1) is 6.61 Å². The van der Waals surface area contributed by atoms with E-state index in [2.05, 4.69) is 35.7 Å². The van der Waals surface area contributed by atoms with E-state index in [-0.39, 0.29) is 23.6 Å². The van der Waals surface area contributed by atoms with Gasteiger partial charge >= 0.3 is 6.09 Å². The molecule has 2 aliphatic rings. The van der Waals surface area contributed by atoms with E-state index in [0.29, 0.717) is 38.7 Å². The molecule has 2 amide bonds. The monoisotopic (exact) mass is 424 g/mol. The molecule has 0 spiro atoms. The summed E-state index contributed by atoms with van der Waals surface area (Å²) in [7, 11) is 0. The molecule has 0 radical (unpaired) electrons. The second kappa shape index (κ2) is 11.4. The Balaban J connectivity index is 1.44. The summed E-state index contributed by atoms with van der Waals surface area (Å²) in [5, 5.41) is 12.7. The summed E-state index contributed by atoms with van der Waals surface area (Å²) in [5.74, 6) is 0.376. The molecular formula is C24H32N4O3. The molecule has 7 nitrogen and oxygen atoms in total. The third-order valence-corrected chi connectivity index (χ3v) is 6.10. The van der Waals surface area contributed by atoms with E-state index >= 15 is 0 Å². The first kappa shape index (κ1) is 22.7. The molecule has 1 aromatic carbocycles. The summed E-state index contributed by atoms with van der Waals surface area (Å²) in [4.78, 5) is 28.1. The molecule has 2 heterocycles. The van der Waals surface area contributed by atoms with Crippen LogP contribution in [0.5, 0.6) is 0 Å². The van der Waals surface area contributed by atoms with E-state index in [0.717, 1.165) is 32.1 Å². The number of ether oxygens (including phenoxy) is 1. The molecular weight excluding hydrogens is 392 g/mol. The van der Waals surface area contributed by atoms with Crippen LogP contribution in [0.4, 0.5) is 4.79 Å².